The molecule has 0 saturated carbocycles. The summed E-state index contributed by atoms with van der Waals surface area (Å²) >= 11 is 3.95. The molecule has 0 aliphatic heterocycles. The van der Waals surface area contributed by atoms with Crippen LogP contribution >= 0.6 is 12.6 Å². The molecule has 0 aliphatic rings. The monoisotopic (exact) mass is 449 g/mol. The Labute approximate surface area is 177 Å². The summed E-state index contributed by atoms with van der Waals surface area (Å²) in [5.41, 5.74) is 10.5. The van der Waals surface area contributed by atoms with E-state index >= 15 is 0 Å². The second-order valence-corrected chi connectivity index (χ2v) is 6.78. The first-order valence-corrected chi connectivity index (χ1v) is 9.52. The van der Waals surface area contributed by atoms with E-state index < -0.39 is 59.7 Å². The fraction of sp³-hybridized carbons (Fsp3) is 0.625. The highest BCUT2D eigenvalue weighted by molar-refractivity contribution is 7.80. The molecule has 0 aliphatic carbocycles. The zero-order valence-corrected chi connectivity index (χ0v) is 17.2. The van der Waals surface area contributed by atoms with Gasteiger partial charge in [0.15, 0.2) is 0 Å². The van der Waals surface area contributed by atoms with E-state index in [1.54, 1.807) is 0 Å². The maximum Gasteiger partial charge on any atom is 0.326 e. The number of carboxylic acids is 2. The Morgan fingerprint density at radius 2 is 1.43 bits per heavy atom. The van der Waals surface area contributed by atoms with E-state index in [1.807, 2.05) is 0 Å². The van der Waals surface area contributed by atoms with Gasteiger partial charge >= 0.3 is 11.9 Å². The van der Waals surface area contributed by atoms with E-state index in [0.29, 0.717) is 0 Å². The summed E-state index contributed by atoms with van der Waals surface area (Å²) in [5, 5.41) is 24.5. The number of hydrogen-bond acceptors (Lipinski definition) is 8. The molecule has 0 radical (unpaired) electrons. The maximum absolute atomic E-state index is 12.3. The van der Waals surface area contributed by atoms with Gasteiger partial charge in [-0.15, -0.1) is 0 Å². The lowest BCUT2D eigenvalue weighted by atomic mass is 10.1. The highest BCUT2D eigenvalue weighted by atomic mass is 32.1. The van der Waals surface area contributed by atoms with Crippen LogP contribution < -0.4 is 27.4 Å². The zero-order chi connectivity index (χ0) is 23.4. The molecule has 0 bridgehead atoms. The third-order valence-corrected chi connectivity index (χ3v) is 4.23. The van der Waals surface area contributed by atoms with Gasteiger partial charge in [-0.25, -0.2) is 4.79 Å². The van der Waals surface area contributed by atoms with Gasteiger partial charge in [0, 0.05) is 18.6 Å². The van der Waals surface area contributed by atoms with Crippen LogP contribution in [0.15, 0.2) is 0 Å². The smallest absolute Gasteiger partial charge is 0.326 e. The third kappa shape index (κ3) is 10.6. The van der Waals surface area contributed by atoms with Crippen LogP contribution in [0.2, 0.25) is 0 Å². The predicted molar refractivity (Wildman–Crippen MR) is 106 cm³/mol. The average molecular weight is 449 g/mol. The summed E-state index contributed by atoms with van der Waals surface area (Å²) in [6.45, 7) is 1.29. The Kier molecular flexibility index (Phi) is 12.1. The van der Waals surface area contributed by atoms with Crippen LogP contribution in [-0.4, -0.2) is 75.7 Å². The number of amides is 4. The highest BCUT2D eigenvalue weighted by Crippen LogP contribution is 2.00. The van der Waals surface area contributed by atoms with Gasteiger partial charge in [0.2, 0.25) is 23.6 Å². The number of nitrogens with one attached hydrogen (secondary N) is 3. The van der Waals surface area contributed by atoms with Crippen molar-refractivity contribution in [2.75, 3.05) is 5.75 Å². The SMILES string of the molecule is CC(NC(=O)C(CS)NC(=O)C(N)CCC(=O)O)C(=O)NC(CCC(N)=O)C(=O)O. The fourth-order valence-corrected chi connectivity index (χ4v) is 2.36. The molecule has 0 aromatic rings. The second kappa shape index (κ2) is 13.4. The average Bonchev–Trinajstić information content (AvgIpc) is 2.65. The third-order valence-electron chi connectivity index (χ3n) is 3.87. The van der Waals surface area contributed by atoms with Crippen molar-refractivity contribution in [3.05, 3.63) is 0 Å². The van der Waals surface area contributed by atoms with Crippen LogP contribution in [0, 0.1) is 0 Å². The molecule has 0 aromatic carbocycles. The van der Waals surface area contributed by atoms with Crippen molar-refractivity contribution in [1.29, 1.82) is 0 Å². The number of carbonyl (C=O) groups is 6. The molecule has 4 atom stereocenters. The van der Waals surface area contributed by atoms with Crippen molar-refractivity contribution in [1.82, 2.24) is 16.0 Å². The standard InChI is InChI=1S/C16H27N5O8S/c1-7(13(25)20-9(16(28)29)3-4-11(18)22)19-15(27)10(6-30)21-14(26)8(17)2-5-12(23)24/h7-10,30H,2-6,17H2,1H3,(H2,18,22)(H,19,27)(H,20,25)(H,21,26)(H,23,24)(H,28,29). The Morgan fingerprint density at radius 1 is 0.867 bits per heavy atom. The van der Waals surface area contributed by atoms with E-state index in [9.17, 15) is 28.8 Å². The normalized spacial score (nSPS) is 14.5. The molecule has 13 nitrogen and oxygen atoms in total. The first kappa shape index (κ1) is 27.1. The molecular weight excluding hydrogens is 422 g/mol. The van der Waals surface area contributed by atoms with Crippen LogP contribution in [0.4, 0.5) is 0 Å². The van der Waals surface area contributed by atoms with Crippen molar-refractivity contribution in [3.63, 3.8) is 0 Å². The molecule has 4 amide bonds. The number of primary amides is 1. The van der Waals surface area contributed by atoms with Gasteiger partial charge in [0.25, 0.3) is 0 Å². The zero-order valence-electron chi connectivity index (χ0n) is 16.3. The quantitative estimate of drug-likeness (QED) is 0.126. The molecule has 14 heteroatoms. The molecule has 0 spiro atoms. The summed E-state index contributed by atoms with van der Waals surface area (Å²) < 4.78 is 0. The lowest BCUT2D eigenvalue weighted by Crippen LogP contribution is -2.57. The number of thiol groups is 1. The van der Waals surface area contributed by atoms with Crippen LogP contribution in [0.5, 0.6) is 0 Å². The molecule has 0 saturated heterocycles. The molecule has 0 rings (SSSR count). The van der Waals surface area contributed by atoms with E-state index in [2.05, 4.69) is 28.6 Å². The fourth-order valence-electron chi connectivity index (χ4n) is 2.10. The molecular formula is C16H27N5O8S. The Bertz CT molecular complexity index is 674. The number of carbonyl (C=O) groups excluding carboxylic acids is 4. The Morgan fingerprint density at radius 3 is 1.90 bits per heavy atom. The van der Waals surface area contributed by atoms with E-state index in [-0.39, 0.29) is 31.4 Å². The van der Waals surface area contributed by atoms with Gasteiger partial charge in [-0.2, -0.15) is 12.6 Å². The van der Waals surface area contributed by atoms with Crippen molar-refractivity contribution in [2.45, 2.75) is 56.8 Å². The summed E-state index contributed by atoms with van der Waals surface area (Å²) in [6.07, 6.45) is -0.943. The van der Waals surface area contributed by atoms with E-state index in [1.165, 1.54) is 6.92 Å². The Hall–Kier alpha value is -2.87. The lowest BCUT2D eigenvalue weighted by Gasteiger charge is -2.22. The first-order valence-electron chi connectivity index (χ1n) is 8.89. The number of hydrogen-bond donors (Lipinski definition) is 8. The molecule has 0 heterocycles. The van der Waals surface area contributed by atoms with Crippen molar-refractivity contribution >= 4 is 48.2 Å². The van der Waals surface area contributed by atoms with Crippen LogP contribution in [0.3, 0.4) is 0 Å². The number of nitrogens with two attached hydrogens (primary N) is 2. The van der Waals surface area contributed by atoms with Crippen LogP contribution in [-0.2, 0) is 28.8 Å². The molecule has 9 N–H and O–H groups in total. The van der Waals surface area contributed by atoms with E-state index in [0.717, 1.165) is 0 Å². The van der Waals surface area contributed by atoms with Gasteiger partial charge in [-0.1, -0.05) is 0 Å². The summed E-state index contributed by atoms with van der Waals surface area (Å²) in [5.74, 6) is -5.76. The number of rotatable bonds is 14. The van der Waals surface area contributed by atoms with Crippen molar-refractivity contribution < 1.29 is 39.0 Å². The minimum absolute atomic E-state index is 0.136. The minimum Gasteiger partial charge on any atom is -0.481 e. The Balaban J connectivity index is 4.79. The predicted octanol–water partition coefficient (Wildman–Crippen LogP) is -3.07. The second-order valence-electron chi connectivity index (χ2n) is 6.42. The molecule has 0 fully saturated rings. The van der Waals surface area contributed by atoms with Gasteiger partial charge in [-0.05, 0) is 19.8 Å². The summed E-state index contributed by atoms with van der Waals surface area (Å²) in [6, 6.07) is -4.87. The number of aliphatic carboxylic acids is 2. The molecule has 4 unspecified atom stereocenters. The van der Waals surface area contributed by atoms with Gasteiger partial charge in [0.05, 0.1) is 6.04 Å². The van der Waals surface area contributed by atoms with Gasteiger partial charge in [0.1, 0.15) is 18.1 Å². The molecule has 0 aromatic heterocycles. The van der Waals surface area contributed by atoms with Crippen molar-refractivity contribution in [3.8, 4) is 0 Å². The van der Waals surface area contributed by atoms with Crippen molar-refractivity contribution in [2.24, 2.45) is 11.5 Å². The highest BCUT2D eigenvalue weighted by Gasteiger charge is 2.28. The van der Waals surface area contributed by atoms with Gasteiger partial charge in [-0.3, -0.25) is 24.0 Å². The summed E-state index contributed by atoms with van der Waals surface area (Å²) in [7, 11) is 0. The largest absolute Gasteiger partial charge is 0.481 e. The van der Waals surface area contributed by atoms with E-state index in [4.69, 9.17) is 21.7 Å². The van der Waals surface area contributed by atoms with Gasteiger partial charge < -0.3 is 37.6 Å². The lowest BCUT2D eigenvalue weighted by molar-refractivity contribution is -0.142. The molecule has 170 valence electrons. The minimum atomic E-state index is -1.38. The first-order chi connectivity index (χ1) is 13.9. The number of carboxylic acid groups (broad SMARTS) is 2. The molecule has 30 heavy (non-hydrogen) atoms. The summed E-state index contributed by atoms with van der Waals surface area (Å²) in [4.78, 5) is 68.9. The van der Waals surface area contributed by atoms with Crippen LogP contribution in [0.1, 0.15) is 32.6 Å². The maximum atomic E-state index is 12.3. The van der Waals surface area contributed by atoms with Crippen LogP contribution in [0.25, 0.3) is 0 Å². The topological polar surface area (TPSA) is 231 Å².